The molecule has 3 heteroatoms. The van der Waals surface area contributed by atoms with Gasteiger partial charge in [-0.2, -0.15) is 0 Å². The van der Waals surface area contributed by atoms with Gasteiger partial charge in [-0.3, -0.25) is 4.79 Å². The fraction of sp³-hybridized carbons (Fsp3) is 0.286. The van der Waals surface area contributed by atoms with Crippen molar-refractivity contribution < 1.29 is 0 Å². The number of aromatic amines is 1. The summed E-state index contributed by atoms with van der Waals surface area (Å²) in [6.45, 7) is 6.08. The van der Waals surface area contributed by atoms with E-state index in [1.807, 2.05) is 26.0 Å². The van der Waals surface area contributed by atoms with Crippen molar-refractivity contribution in [3.8, 4) is 11.3 Å². The summed E-state index contributed by atoms with van der Waals surface area (Å²) in [6.07, 6.45) is 2.15. The van der Waals surface area contributed by atoms with Crippen LogP contribution in [0.15, 0.2) is 29.3 Å². The third-order valence-corrected chi connectivity index (χ3v) is 2.94. The summed E-state index contributed by atoms with van der Waals surface area (Å²) in [6, 6.07) is 6.19. The molecule has 0 spiro atoms. The van der Waals surface area contributed by atoms with Crippen LogP contribution < -0.4 is 5.56 Å². The molecule has 0 bridgehead atoms. The average molecular weight is 228 g/mol. The number of rotatable bonds is 2. The Morgan fingerprint density at radius 1 is 1.29 bits per heavy atom. The standard InChI is InChI=1S/C14H16N2O/c1-4-11-13(15-8-16-14(11)17)12-6-5-9(2)7-10(12)3/h5-8H,4H2,1-3H3,(H,15,16,17). The van der Waals surface area contributed by atoms with Gasteiger partial charge in [-0.05, 0) is 25.8 Å². The van der Waals surface area contributed by atoms with Crippen LogP contribution in [0.2, 0.25) is 0 Å². The van der Waals surface area contributed by atoms with Gasteiger partial charge in [0.15, 0.2) is 0 Å². The predicted octanol–water partition coefficient (Wildman–Crippen LogP) is 2.62. The van der Waals surface area contributed by atoms with Gasteiger partial charge in [0, 0.05) is 11.1 Å². The van der Waals surface area contributed by atoms with Crippen LogP contribution >= 0.6 is 0 Å². The number of H-pyrrole nitrogens is 1. The van der Waals surface area contributed by atoms with Crippen LogP contribution in [0, 0.1) is 13.8 Å². The molecule has 0 saturated heterocycles. The smallest absolute Gasteiger partial charge is 0.254 e. The molecule has 0 fully saturated rings. The molecule has 1 N–H and O–H groups in total. The van der Waals surface area contributed by atoms with Gasteiger partial charge in [0.25, 0.3) is 5.56 Å². The monoisotopic (exact) mass is 228 g/mol. The topological polar surface area (TPSA) is 45.8 Å². The second-order valence-corrected chi connectivity index (χ2v) is 4.23. The number of hydrogen-bond acceptors (Lipinski definition) is 2. The normalized spacial score (nSPS) is 10.5. The maximum Gasteiger partial charge on any atom is 0.254 e. The van der Waals surface area contributed by atoms with Gasteiger partial charge in [-0.15, -0.1) is 0 Å². The average Bonchev–Trinajstić information content (AvgIpc) is 2.29. The fourth-order valence-corrected chi connectivity index (χ4v) is 2.07. The molecule has 0 aliphatic rings. The first-order chi connectivity index (χ1) is 8.13. The van der Waals surface area contributed by atoms with Crippen LogP contribution in [0.3, 0.4) is 0 Å². The van der Waals surface area contributed by atoms with E-state index in [2.05, 4.69) is 23.0 Å². The van der Waals surface area contributed by atoms with E-state index in [1.54, 1.807) is 0 Å². The van der Waals surface area contributed by atoms with Gasteiger partial charge < -0.3 is 4.98 Å². The van der Waals surface area contributed by atoms with Crippen LogP contribution in [0.5, 0.6) is 0 Å². The molecule has 0 aliphatic heterocycles. The number of nitrogens with one attached hydrogen (secondary N) is 1. The molecule has 0 atom stereocenters. The molecule has 88 valence electrons. The molecule has 3 nitrogen and oxygen atoms in total. The Hall–Kier alpha value is -1.90. The quantitative estimate of drug-likeness (QED) is 0.858. The summed E-state index contributed by atoms with van der Waals surface area (Å²) in [5, 5.41) is 0. The Morgan fingerprint density at radius 2 is 2.06 bits per heavy atom. The lowest BCUT2D eigenvalue weighted by atomic mass is 9.99. The molecule has 2 rings (SSSR count). The Morgan fingerprint density at radius 3 is 2.71 bits per heavy atom. The first-order valence-electron chi connectivity index (χ1n) is 5.77. The first kappa shape index (κ1) is 11.6. The first-order valence-corrected chi connectivity index (χ1v) is 5.77. The predicted molar refractivity (Wildman–Crippen MR) is 69.1 cm³/mol. The third-order valence-electron chi connectivity index (χ3n) is 2.94. The van der Waals surface area contributed by atoms with E-state index < -0.39 is 0 Å². The molecule has 0 amide bonds. The van der Waals surface area contributed by atoms with Gasteiger partial charge >= 0.3 is 0 Å². The lowest BCUT2D eigenvalue weighted by Gasteiger charge is -2.09. The highest BCUT2D eigenvalue weighted by atomic mass is 16.1. The molecule has 2 aromatic rings. The highest BCUT2D eigenvalue weighted by Gasteiger charge is 2.10. The molecule has 1 aromatic carbocycles. The van der Waals surface area contributed by atoms with Crippen LogP contribution in [0.1, 0.15) is 23.6 Å². The Labute approximate surface area is 101 Å². The number of aryl methyl sites for hydroxylation is 2. The second-order valence-electron chi connectivity index (χ2n) is 4.23. The van der Waals surface area contributed by atoms with Gasteiger partial charge in [-0.25, -0.2) is 4.98 Å². The Kier molecular flexibility index (Phi) is 3.09. The summed E-state index contributed by atoms with van der Waals surface area (Å²) in [4.78, 5) is 18.7. The maximum absolute atomic E-state index is 11.7. The molecular weight excluding hydrogens is 212 g/mol. The lowest BCUT2D eigenvalue weighted by Crippen LogP contribution is -2.14. The lowest BCUT2D eigenvalue weighted by molar-refractivity contribution is 1.01. The van der Waals surface area contributed by atoms with Crippen LogP contribution in [-0.2, 0) is 6.42 Å². The van der Waals surface area contributed by atoms with E-state index >= 15 is 0 Å². The van der Waals surface area contributed by atoms with E-state index in [0.29, 0.717) is 6.42 Å². The SMILES string of the molecule is CCc1c(-c2ccc(C)cc2C)nc[nH]c1=O. The number of aromatic nitrogens is 2. The number of benzene rings is 1. The van der Waals surface area contributed by atoms with Gasteiger partial charge in [0.1, 0.15) is 0 Å². The van der Waals surface area contributed by atoms with E-state index in [4.69, 9.17) is 0 Å². The van der Waals surface area contributed by atoms with Crippen molar-refractivity contribution in [2.45, 2.75) is 27.2 Å². The molecule has 0 aliphatic carbocycles. The van der Waals surface area contributed by atoms with Crippen molar-refractivity contribution in [1.29, 1.82) is 0 Å². The third kappa shape index (κ3) is 2.13. The minimum absolute atomic E-state index is 0.0440. The zero-order valence-electron chi connectivity index (χ0n) is 10.4. The van der Waals surface area contributed by atoms with E-state index in [0.717, 1.165) is 22.4 Å². The van der Waals surface area contributed by atoms with Crippen molar-refractivity contribution in [3.05, 3.63) is 51.6 Å². The van der Waals surface area contributed by atoms with Crippen molar-refractivity contribution in [2.75, 3.05) is 0 Å². The molecular formula is C14H16N2O. The summed E-state index contributed by atoms with van der Waals surface area (Å²) >= 11 is 0. The molecule has 1 aromatic heterocycles. The largest absolute Gasteiger partial charge is 0.313 e. The van der Waals surface area contributed by atoms with Gasteiger partial charge in [-0.1, -0.05) is 30.7 Å². The fourth-order valence-electron chi connectivity index (χ4n) is 2.07. The van der Waals surface area contributed by atoms with E-state index in [9.17, 15) is 4.79 Å². The minimum atomic E-state index is -0.0440. The zero-order chi connectivity index (χ0) is 12.4. The maximum atomic E-state index is 11.7. The summed E-state index contributed by atoms with van der Waals surface area (Å²) in [5.41, 5.74) is 4.91. The zero-order valence-corrected chi connectivity index (χ0v) is 10.4. The minimum Gasteiger partial charge on any atom is -0.313 e. The van der Waals surface area contributed by atoms with Crippen LogP contribution in [0.4, 0.5) is 0 Å². The van der Waals surface area contributed by atoms with E-state index in [1.165, 1.54) is 11.9 Å². The van der Waals surface area contributed by atoms with Crippen molar-refractivity contribution >= 4 is 0 Å². The Balaban J connectivity index is 2.68. The molecule has 0 saturated carbocycles. The molecule has 0 unspecified atom stereocenters. The van der Waals surface area contributed by atoms with Crippen molar-refractivity contribution in [2.24, 2.45) is 0 Å². The number of hydrogen-bond donors (Lipinski definition) is 1. The highest BCUT2D eigenvalue weighted by Crippen LogP contribution is 2.23. The van der Waals surface area contributed by atoms with Gasteiger partial charge in [0.2, 0.25) is 0 Å². The van der Waals surface area contributed by atoms with Crippen LogP contribution in [0.25, 0.3) is 11.3 Å². The van der Waals surface area contributed by atoms with Crippen molar-refractivity contribution in [1.82, 2.24) is 9.97 Å². The number of nitrogens with zero attached hydrogens (tertiary/aromatic N) is 1. The van der Waals surface area contributed by atoms with Crippen molar-refractivity contribution in [3.63, 3.8) is 0 Å². The summed E-state index contributed by atoms with van der Waals surface area (Å²) in [5.74, 6) is 0. The van der Waals surface area contributed by atoms with E-state index in [-0.39, 0.29) is 5.56 Å². The second kappa shape index (κ2) is 4.53. The molecule has 0 radical (unpaired) electrons. The molecule has 1 heterocycles. The summed E-state index contributed by atoms with van der Waals surface area (Å²) in [7, 11) is 0. The summed E-state index contributed by atoms with van der Waals surface area (Å²) < 4.78 is 0. The molecule has 17 heavy (non-hydrogen) atoms. The highest BCUT2D eigenvalue weighted by molar-refractivity contribution is 5.66. The van der Waals surface area contributed by atoms with Gasteiger partial charge in [0.05, 0.1) is 12.0 Å². The Bertz CT molecular complexity index is 599. The van der Waals surface area contributed by atoms with Crippen LogP contribution in [-0.4, -0.2) is 9.97 Å².